The van der Waals surface area contributed by atoms with E-state index in [9.17, 15) is 0 Å². The predicted molar refractivity (Wildman–Crippen MR) is 75.6 cm³/mol. The van der Waals surface area contributed by atoms with Gasteiger partial charge in [-0.1, -0.05) is 18.2 Å². The molecule has 0 unspecified atom stereocenters. The summed E-state index contributed by atoms with van der Waals surface area (Å²) in [7, 11) is 0. The largest absolute Gasteiger partial charge is 0.468 e. The van der Waals surface area contributed by atoms with Gasteiger partial charge in [-0.2, -0.15) is 0 Å². The fourth-order valence-corrected chi connectivity index (χ4v) is 2.55. The standard InChI is InChI=1S/C15H13NO2S/c1-2-5-12(6-3-1)15-16-13(9-18-15)10-19-11-14-7-4-8-17-14/h1-9H,10-11H2. The number of hydrogen-bond acceptors (Lipinski definition) is 4. The molecule has 0 spiro atoms. The van der Waals surface area contributed by atoms with Gasteiger partial charge in [0.15, 0.2) is 0 Å². The molecule has 19 heavy (non-hydrogen) atoms. The molecular weight excluding hydrogens is 258 g/mol. The smallest absolute Gasteiger partial charge is 0.226 e. The van der Waals surface area contributed by atoms with Gasteiger partial charge < -0.3 is 8.83 Å². The van der Waals surface area contributed by atoms with Gasteiger partial charge in [0, 0.05) is 11.3 Å². The van der Waals surface area contributed by atoms with Crippen molar-refractivity contribution in [2.75, 3.05) is 0 Å². The molecule has 0 atom stereocenters. The molecule has 2 aromatic heterocycles. The number of hydrogen-bond donors (Lipinski definition) is 0. The third-order valence-electron chi connectivity index (χ3n) is 2.65. The molecule has 0 aliphatic heterocycles. The minimum atomic E-state index is 0.675. The first-order valence-electron chi connectivity index (χ1n) is 6.02. The van der Waals surface area contributed by atoms with Crippen LogP contribution < -0.4 is 0 Å². The fraction of sp³-hybridized carbons (Fsp3) is 0.133. The monoisotopic (exact) mass is 271 g/mol. The van der Waals surface area contributed by atoms with Gasteiger partial charge in [-0.3, -0.25) is 0 Å². The van der Waals surface area contributed by atoms with Crippen LogP contribution in [-0.2, 0) is 11.5 Å². The molecule has 3 aromatic rings. The summed E-state index contributed by atoms with van der Waals surface area (Å²) in [5.41, 5.74) is 1.96. The Balaban J connectivity index is 1.59. The Morgan fingerprint density at radius 1 is 0.947 bits per heavy atom. The molecule has 0 amide bonds. The molecule has 2 heterocycles. The Kier molecular flexibility index (Phi) is 3.70. The van der Waals surface area contributed by atoms with Crippen LogP contribution in [-0.4, -0.2) is 4.98 Å². The maximum absolute atomic E-state index is 5.49. The third kappa shape index (κ3) is 3.09. The maximum Gasteiger partial charge on any atom is 0.226 e. The highest BCUT2D eigenvalue weighted by Gasteiger charge is 2.06. The van der Waals surface area contributed by atoms with E-state index in [2.05, 4.69) is 4.98 Å². The van der Waals surface area contributed by atoms with Crippen molar-refractivity contribution in [1.29, 1.82) is 0 Å². The Labute approximate surface area is 115 Å². The minimum absolute atomic E-state index is 0.675. The summed E-state index contributed by atoms with van der Waals surface area (Å²) in [5, 5.41) is 0. The average Bonchev–Trinajstić information content (AvgIpc) is 3.11. The van der Waals surface area contributed by atoms with Gasteiger partial charge in [0.05, 0.1) is 17.7 Å². The summed E-state index contributed by atoms with van der Waals surface area (Å²) in [5.74, 6) is 3.32. The number of furan rings is 1. The van der Waals surface area contributed by atoms with Crippen molar-refractivity contribution < 1.29 is 8.83 Å². The van der Waals surface area contributed by atoms with Crippen LogP contribution in [0.2, 0.25) is 0 Å². The van der Waals surface area contributed by atoms with Gasteiger partial charge in [-0.15, -0.1) is 11.8 Å². The van der Waals surface area contributed by atoms with E-state index in [-0.39, 0.29) is 0 Å². The van der Waals surface area contributed by atoms with Crippen molar-refractivity contribution in [3.8, 4) is 11.5 Å². The van der Waals surface area contributed by atoms with E-state index in [1.807, 2.05) is 42.5 Å². The number of thioether (sulfide) groups is 1. The molecule has 0 fully saturated rings. The van der Waals surface area contributed by atoms with Gasteiger partial charge in [-0.25, -0.2) is 4.98 Å². The zero-order chi connectivity index (χ0) is 12.9. The second-order valence-electron chi connectivity index (χ2n) is 4.08. The van der Waals surface area contributed by atoms with E-state index in [1.54, 1.807) is 24.3 Å². The van der Waals surface area contributed by atoms with E-state index < -0.39 is 0 Å². The molecule has 1 aromatic carbocycles. The van der Waals surface area contributed by atoms with Crippen LogP contribution in [0.25, 0.3) is 11.5 Å². The second kappa shape index (κ2) is 5.80. The third-order valence-corrected chi connectivity index (χ3v) is 3.64. The first kappa shape index (κ1) is 12.1. The number of oxazole rings is 1. The molecule has 0 bridgehead atoms. The van der Waals surface area contributed by atoms with Crippen LogP contribution in [0.15, 0.2) is 63.8 Å². The highest BCUT2D eigenvalue weighted by Crippen LogP contribution is 2.22. The lowest BCUT2D eigenvalue weighted by atomic mass is 10.2. The van der Waals surface area contributed by atoms with Gasteiger partial charge in [0.2, 0.25) is 5.89 Å². The lowest BCUT2D eigenvalue weighted by Crippen LogP contribution is -1.83. The summed E-state index contributed by atoms with van der Waals surface area (Å²) in [6.45, 7) is 0. The van der Waals surface area contributed by atoms with Crippen LogP contribution in [0.1, 0.15) is 11.5 Å². The Morgan fingerprint density at radius 2 is 1.84 bits per heavy atom. The topological polar surface area (TPSA) is 39.2 Å². The molecular formula is C15H13NO2S. The van der Waals surface area contributed by atoms with Crippen LogP contribution >= 0.6 is 11.8 Å². The van der Waals surface area contributed by atoms with Gasteiger partial charge >= 0.3 is 0 Å². The summed E-state index contributed by atoms with van der Waals surface area (Å²) < 4.78 is 10.8. The second-order valence-corrected chi connectivity index (χ2v) is 5.07. The van der Waals surface area contributed by atoms with Crippen LogP contribution in [0.5, 0.6) is 0 Å². The molecule has 3 rings (SSSR count). The van der Waals surface area contributed by atoms with Crippen LogP contribution in [0.3, 0.4) is 0 Å². The SMILES string of the molecule is c1ccc(-c2nc(CSCc3ccco3)co2)cc1. The number of rotatable bonds is 5. The first-order chi connectivity index (χ1) is 9.42. The molecule has 0 saturated carbocycles. The van der Waals surface area contributed by atoms with E-state index >= 15 is 0 Å². The van der Waals surface area contributed by atoms with E-state index in [4.69, 9.17) is 8.83 Å². The van der Waals surface area contributed by atoms with Crippen molar-refractivity contribution in [1.82, 2.24) is 4.98 Å². The summed E-state index contributed by atoms with van der Waals surface area (Å²) in [6.07, 6.45) is 3.41. The van der Waals surface area contributed by atoms with Crippen molar-refractivity contribution >= 4 is 11.8 Å². The maximum atomic E-state index is 5.49. The van der Waals surface area contributed by atoms with Gasteiger partial charge in [-0.05, 0) is 24.3 Å². The Morgan fingerprint density at radius 3 is 2.63 bits per heavy atom. The molecule has 4 heteroatoms. The van der Waals surface area contributed by atoms with Crippen molar-refractivity contribution in [3.05, 3.63) is 66.4 Å². The van der Waals surface area contributed by atoms with Crippen molar-refractivity contribution in [2.45, 2.75) is 11.5 Å². The molecule has 0 saturated heterocycles. The van der Waals surface area contributed by atoms with E-state index in [1.165, 1.54) is 0 Å². The quantitative estimate of drug-likeness (QED) is 0.691. The first-order valence-corrected chi connectivity index (χ1v) is 7.17. The predicted octanol–water partition coefficient (Wildman–Crippen LogP) is 4.37. The summed E-state index contributed by atoms with van der Waals surface area (Å²) in [4.78, 5) is 4.48. The lowest BCUT2D eigenvalue weighted by molar-refractivity contribution is 0.530. The van der Waals surface area contributed by atoms with E-state index in [0.717, 1.165) is 28.5 Å². The highest BCUT2D eigenvalue weighted by molar-refractivity contribution is 7.97. The number of nitrogens with zero attached hydrogens (tertiary/aromatic N) is 1. The zero-order valence-electron chi connectivity index (χ0n) is 10.3. The Hall–Kier alpha value is -1.94. The number of aromatic nitrogens is 1. The molecule has 96 valence electrons. The zero-order valence-corrected chi connectivity index (χ0v) is 11.1. The van der Waals surface area contributed by atoms with Gasteiger partial charge in [0.1, 0.15) is 12.0 Å². The lowest BCUT2D eigenvalue weighted by Gasteiger charge is -1.95. The molecule has 3 nitrogen and oxygen atoms in total. The molecule has 0 radical (unpaired) electrons. The van der Waals surface area contributed by atoms with Crippen LogP contribution in [0, 0.1) is 0 Å². The summed E-state index contributed by atoms with van der Waals surface area (Å²) >= 11 is 1.76. The van der Waals surface area contributed by atoms with E-state index in [0.29, 0.717) is 5.89 Å². The molecule has 0 aliphatic carbocycles. The molecule has 0 N–H and O–H groups in total. The Bertz CT molecular complexity index is 617. The van der Waals surface area contributed by atoms with Crippen molar-refractivity contribution in [2.24, 2.45) is 0 Å². The van der Waals surface area contributed by atoms with Crippen LogP contribution in [0.4, 0.5) is 0 Å². The minimum Gasteiger partial charge on any atom is -0.468 e. The van der Waals surface area contributed by atoms with Crippen molar-refractivity contribution in [3.63, 3.8) is 0 Å². The number of benzene rings is 1. The van der Waals surface area contributed by atoms with Gasteiger partial charge in [0.25, 0.3) is 0 Å². The normalized spacial score (nSPS) is 10.7. The summed E-state index contributed by atoms with van der Waals surface area (Å²) in [6, 6.07) is 13.8. The average molecular weight is 271 g/mol. The molecule has 0 aliphatic rings. The highest BCUT2D eigenvalue weighted by atomic mass is 32.2. The fourth-order valence-electron chi connectivity index (χ4n) is 1.74.